The van der Waals surface area contributed by atoms with Crippen molar-refractivity contribution in [3.8, 4) is 5.75 Å². The average molecular weight is 379 g/mol. The van der Waals surface area contributed by atoms with E-state index < -0.39 is 18.0 Å². The first-order valence-electron chi connectivity index (χ1n) is 8.93. The van der Waals surface area contributed by atoms with Gasteiger partial charge in [-0.1, -0.05) is 42.5 Å². The molecule has 1 amide bonds. The van der Waals surface area contributed by atoms with E-state index in [0.717, 1.165) is 0 Å². The highest BCUT2D eigenvalue weighted by Gasteiger charge is 2.27. The molecule has 0 fully saturated rings. The molecule has 0 saturated heterocycles. The lowest BCUT2D eigenvalue weighted by Crippen LogP contribution is -2.26. The first kappa shape index (κ1) is 19.2. The molecule has 144 valence electrons. The topological polar surface area (TPSA) is 77.8 Å². The zero-order valence-electron chi connectivity index (χ0n) is 15.7. The predicted octanol–water partition coefficient (Wildman–Crippen LogP) is 4.52. The van der Waals surface area contributed by atoms with E-state index in [0.29, 0.717) is 29.4 Å². The third-order valence-corrected chi connectivity index (χ3v) is 3.95. The van der Waals surface area contributed by atoms with Crippen LogP contribution in [0.4, 0.5) is 5.69 Å². The number of para-hydroxylation sites is 2. The molecule has 0 aliphatic carbocycles. The van der Waals surface area contributed by atoms with Gasteiger partial charge in [-0.25, -0.2) is 4.79 Å². The molecule has 0 unspecified atom stereocenters. The minimum absolute atomic E-state index is 0.0425. The number of hydrogen-bond acceptors (Lipinski definition) is 5. The van der Waals surface area contributed by atoms with Crippen molar-refractivity contribution in [2.75, 3.05) is 11.9 Å². The summed E-state index contributed by atoms with van der Waals surface area (Å²) in [5.41, 5.74) is 1.05. The Labute approximate surface area is 163 Å². The van der Waals surface area contributed by atoms with Gasteiger partial charge < -0.3 is 19.2 Å². The number of esters is 1. The maximum atomic E-state index is 13.0. The molecule has 2 aromatic carbocycles. The Balaban J connectivity index is 1.85. The molecule has 0 bridgehead atoms. The smallest absolute Gasteiger partial charge is 0.375 e. The number of aryl methyl sites for hydroxylation is 1. The predicted molar refractivity (Wildman–Crippen MR) is 104 cm³/mol. The Morgan fingerprint density at radius 2 is 1.71 bits per heavy atom. The van der Waals surface area contributed by atoms with Gasteiger partial charge in [0.05, 0.1) is 12.3 Å². The minimum atomic E-state index is -1.14. The van der Waals surface area contributed by atoms with Gasteiger partial charge in [-0.3, -0.25) is 4.79 Å². The monoisotopic (exact) mass is 379 g/mol. The van der Waals surface area contributed by atoms with Crippen molar-refractivity contribution >= 4 is 17.6 Å². The minimum Gasteiger partial charge on any atom is -0.492 e. The van der Waals surface area contributed by atoms with Crippen molar-refractivity contribution in [2.24, 2.45) is 0 Å². The fraction of sp³-hybridized carbons (Fsp3) is 0.182. The quantitative estimate of drug-likeness (QED) is 0.611. The van der Waals surface area contributed by atoms with Crippen LogP contribution in [-0.4, -0.2) is 18.5 Å². The van der Waals surface area contributed by atoms with E-state index >= 15 is 0 Å². The summed E-state index contributed by atoms with van der Waals surface area (Å²) in [7, 11) is 0. The Bertz CT molecular complexity index is 948. The van der Waals surface area contributed by atoms with Crippen LogP contribution in [0.3, 0.4) is 0 Å². The lowest BCUT2D eigenvalue weighted by atomic mass is 10.1. The lowest BCUT2D eigenvalue weighted by molar-refractivity contribution is -0.125. The molecule has 1 aromatic heterocycles. The Kier molecular flexibility index (Phi) is 6.11. The molecule has 1 atom stereocenters. The van der Waals surface area contributed by atoms with E-state index in [1.54, 1.807) is 55.5 Å². The highest BCUT2D eigenvalue weighted by atomic mass is 16.6. The largest absolute Gasteiger partial charge is 0.492 e. The van der Waals surface area contributed by atoms with Gasteiger partial charge in [-0.05, 0) is 38.1 Å². The number of carbonyl (C=O) groups is 2. The second kappa shape index (κ2) is 8.90. The lowest BCUT2D eigenvalue weighted by Gasteiger charge is -2.18. The van der Waals surface area contributed by atoms with E-state index in [9.17, 15) is 9.59 Å². The number of furan rings is 1. The van der Waals surface area contributed by atoms with Crippen molar-refractivity contribution in [2.45, 2.75) is 20.0 Å². The summed E-state index contributed by atoms with van der Waals surface area (Å²) >= 11 is 0. The Hall–Kier alpha value is -3.54. The summed E-state index contributed by atoms with van der Waals surface area (Å²) in [4.78, 5) is 25.4. The van der Waals surface area contributed by atoms with Crippen LogP contribution in [0, 0.1) is 6.92 Å². The fourth-order valence-electron chi connectivity index (χ4n) is 2.66. The van der Waals surface area contributed by atoms with Crippen LogP contribution in [0.25, 0.3) is 0 Å². The van der Waals surface area contributed by atoms with Crippen molar-refractivity contribution in [3.05, 3.63) is 83.8 Å². The van der Waals surface area contributed by atoms with Crippen LogP contribution in [0.15, 0.2) is 71.1 Å². The molecular formula is C22H21NO5. The molecule has 0 aliphatic rings. The summed E-state index contributed by atoms with van der Waals surface area (Å²) in [5.74, 6) is -0.0393. The van der Waals surface area contributed by atoms with Crippen LogP contribution in [0.1, 0.15) is 34.9 Å². The van der Waals surface area contributed by atoms with E-state index in [1.807, 2.05) is 19.1 Å². The number of hydrogen-bond donors (Lipinski definition) is 1. The number of benzene rings is 2. The number of amides is 1. The number of ether oxygens (including phenoxy) is 2. The van der Waals surface area contributed by atoms with Crippen LogP contribution in [0.2, 0.25) is 0 Å². The molecule has 0 saturated carbocycles. The first-order valence-corrected chi connectivity index (χ1v) is 8.93. The molecule has 6 nitrogen and oxygen atoms in total. The summed E-state index contributed by atoms with van der Waals surface area (Å²) in [6, 6.07) is 19.1. The molecule has 6 heteroatoms. The number of rotatable bonds is 7. The van der Waals surface area contributed by atoms with E-state index in [4.69, 9.17) is 13.9 Å². The van der Waals surface area contributed by atoms with Gasteiger partial charge in [0, 0.05) is 5.56 Å². The van der Waals surface area contributed by atoms with Gasteiger partial charge in [-0.2, -0.15) is 0 Å². The normalized spacial score (nSPS) is 11.5. The molecule has 3 aromatic rings. The highest BCUT2D eigenvalue weighted by Crippen LogP contribution is 2.27. The van der Waals surface area contributed by atoms with Gasteiger partial charge in [0.2, 0.25) is 11.9 Å². The third kappa shape index (κ3) is 4.59. The van der Waals surface area contributed by atoms with E-state index in [-0.39, 0.29) is 5.76 Å². The average Bonchev–Trinajstić information content (AvgIpc) is 3.15. The van der Waals surface area contributed by atoms with Crippen molar-refractivity contribution < 1.29 is 23.5 Å². The number of anilines is 1. The van der Waals surface area contributed by atoms with Crippen LogP contribution >= 0.6 is 0 Å². The molecule has 28 heavy (non-hydrogen) atoms. The van der Waals surface area contributed by atoms with Crippen LogP contribution in [-0.2, 0) is 9.53 Å². The molecular weight excluding hydrogens is 358 g/mol. The van der Waals surface area contributed by atoms with Crippen molar-refractivity contribution in [3.63, 3.8) is 0 Å². The SMILES string of the molecule is CCOc1ccccc1NC(=O)[C@@H](OC(=O)c1ccc(C)o1)c1ccccc1. The van der Waals surface area contributed by atoms with Crippen LogP contribution < -0.4 is 10.1 Å². The first-order chi connectivity index (χ1) is 13.6. The molecule has 1 heterocycles. The summed E-state index contributed by atoms with van der Waals surface area (Å²) < 4.78 is 16.3. The fourth-order valence-corrected chi connectivity index (χ4v) is 2.66. The molecule has 3 rings (SSSR count). The van der Waals surface area contributed by atoms with E-state index in [1.165, 1.54) is 6.07 Å². The zero-order chi connectivity index (χ0) is 19.9. The Morgan fingerprint density at radius 1 is 1.00 bits per heavy atom. The third-order valence-electron chi connectivity index (χ3n) is 3.95. The zero-order valence-corrected chi connectivity index (χ0v) is 15.7. The van der Waals surface area contributed by atoms with Gasteiger partial charge >= 0.3 is 5.97 Å². The standard InChI is InChI=1S/C22H21NO5/c1-3-26-18-12-8-7-11-17(18)23-21(24)20(16-9-5-4-6-10-16)28-22(25)19-14-13-15(2)27-19/h4-14,20H,3H2,1-2H3,(H,23,24)/t20-/m0/s1. The second-order valence-electron chi connectivity index (χ2n) is 6.02. The molecule has 1 N–H and O–H groups in total. The van der Waals surface area contributed by atoms with Crippen molar-refractivity contribution in [1.29, 1.82) is 0 Å². The molecule has 0 spiro atoms. The summed E-state index contributed by atoms with van der Waals surface area (Å²) in [6.07, 6.45) is -1.14. The summed E-state index contributed by atoms with van der Waals surface area (Å²) in [6.45, 7) is 4.04. The highest BCUT2D eigenvalue weighted by molar-refractivity contribution is 5.98. The number of carbonyl (C=O) groups excluding carboxylic acids is 2. The molecule has 0 radical (unpaired) electrons. The second-order valence-corrected chi connectivity index (χ2v) is 6.02. The Morgan fingerprint density at radius 3 is 2.39 bits per heavy atom. The maximum Gasteiger partial charge on any atom is 0.375 e. The van der Waals surface area contributed by atoms with Gasteiger partial charge in [-0.15, -0.1) is 0 Å². The number of nitrogens with one attached hydrogen (secondary N) is 1. The maximum absolute atomic E-state index is 13.0. The van der Waals surface area contributed by atoms with E-state index in [2.05, 4.69) is 5.32 Å². The molecule has 0 aliphatic heterocycles. The van der Waals surface area contributed by atoms with Gasteiger partial charge in [0.25, 0.3) is 5.91 Å². The van der Waals surface area contributed by atoms with Crippen LogP contribution in [0.5, 0.6) is 5.75 Å². The van der Waals surface area contributed by atoms with Gasteiger partial charge in [0.15, 0.2) is 0 Å². The van der Waals surface area contributed by atoms with Crippen molar-refractivity contribution in [1.82, 2.24) is 0 Å². The summed E-state index contributed by atoms with van der Waals surface area (Å²) in [5, 5.41) is 2.78. The van der Waals surface area contributed by atoms with Gasteiger partial charge in [0.1, 0.15) is 11.5 Å².